The number of carbonyl (C=O) groups is 2. The number of ether oxygens (including phenoxy) is 1. The molecule has 0 saturated carbocycles. The van der Waals surface area contributed by atoms with Gasteiger partial charge in [0.25, 0.3) is 5.91 Å². The van der Waals surface area contributed by atoms with Crippen molar-refractivity contribution in [2.45, 2.75) is 30.9 Å². The maximum Gasteiger partial charge on any atom is 0.255 e. The van der Waals surface area contributed by atoms with E-state index >= 15 is 0 Å². The van der Waals surface area contributed by atoms with Gasteiger partial charge >= 0.3 is 0 Å². The highest BCUT2D eigenvalue weighted by Crippen LogP contribution is 2.27. The number of methoxy groups -OCH3 is 1. The Morgan fingerprint density at radius 1 is 0.871 bits per heavy atom. The SMILES string of the molecule is COc1ccc(C(=O)Nc2cccc(SC(C)C(=O)Nc3ccc(C)c(C)c3)c2)cc1. The molecule has 0 aliphatic rings. The predicted molar refractivity (Wildman–Crippen MR) is 127 cm³/mol. The maximum atomic E-state index is 12.6. The van der Waals surface area contributed by atoms with Gasteiger partial charge in [0.1, 0.15) is 5.75 Å². The number of rotatable bonds is 7. The highest BCUT2D eigenvalue weighted by molar-refractivity contribution is 8.00. The van der Waals surface area contributed by atoms with Crippen LogP contribution in [0.15, 0.2) is 71.6 Å². The Bertz CT molecular complexity index is 1080. The standard InChI is InChI=1S/C25H26N2O3S/c1-16-8-11-21(14-17(16)2)26-24(28)18(3)31-23-7-5-6-20(15-23)27-25(29)19-9-12-22(30-4)13-10-19/h5-15,18H,1-4H3,(H,26,28)(H,27,29). The predicted octanol–water partition coefficient (Wildman–Crippen LogP) is 5.68. The Hall–Kier alpha value is -3.25. The lowest BCUT2D eigenvalue weighted by atomic mass is 10.1. The summed E-state index contributed by atoms with van der Waals surface area (Å²) in [6.45, 7) is 5.93. The van der Waals surface area contributed by atoms with Gasteiger partial charge in [-0.05, 0) is 86.5 Å². The third-order valence-corrected chi connectivity index (χ3v) is 5.99. The molecule has 1 unspecified atom stereocenters. The monoisotopic (exact) mass is 434 g/mol. The molecular weight excluding hydrogens is 408 g/mol. The molecule has 0 saturated heterocycles. The van der Waals surface area contributed by atoms with Gasteiger partial charge in [-0.15, -0.1) is 11.8 Å². The zero-order valence-corrected chi connectivity index (χ0v) is 18.9. The number of thioether (sulfide) groups is 1. The summed E-state index contributed by atoms with van der Waals surface area (Å²) in [5.41, 5.74) is 4.33. The minimum Gasteiger partial charge on any atom is -0.497 e. The Morgan fingerprint density at radius 3 is 2.26 bits per heavy atom. The van der Waals surface area contributed by atoms with Crippen LogP contribution in [0.3, 0.4) is 0 Å². The Kier molecular flexibility index (Phi) is 7.36. The lowest BCUT2D eigenvalue weighted by Crippen LogP contribution is -2.22. The van der Waals surface area contributed by atoms with E-state index < -0.39 is 0 Å². The summed E-state index contributed by atoms with van der Waals surface area (Å²) in [4.78, 5) is 26.0. The molecular formula is C25H26N2O3S. The second-order valence-electron chi connectivity index (χ2n) is 7.26. The lowest BCUT2D eigenvalue weighted by Gasteiger charge is -2.14. The first-order valence-corrected chi connectivity index (χ1v) is 10.8. The van der Waals surface area contributed by atoms with Gasteiger partial charge in [0, 0.05) is 21.8 Å². The summed E-state index contributed by atoms with van der Waals surface area (Å²) < 4.78 is 5.12. The zero-order valence-electron chi connectivity index (χ0n) is 18.1. The van der Waals surface area contributed by atoms with Gasteiger partial charge in [0.2, 0.25) is 5.91 Å². The Labute approximate surface area is 187 Å². The average Bonchev–Trinajstić information content (AvgIpc) is 2.76. The number of anilines is 2. The smallest absolute Gasteiger partial charge is 0.255 e. The van der Waals surface area contributed by atoms with Gasteiger partial charge in [0.05, 0.1) is 12.4 Å². The van der Waals surface area contributed by atoms with Gasteiger partial charge in [-0.2, -0.15) is 0 Å². The average molecular weight is 435 g/mol. The zero-order chi connectivity index (χ0) is 22.4. The molecule has 0 radical (unpaired) electrons. The van der Waals surface area contributed by atoms with Gasteiger partial charge in [-0.3, -0.25) is 9.59 Å². The second kappa shape index (κ2) is 10.2. The third-order valence-electron chi connectivity index (χ3n) is 4.90. The molecule has 0 aromatic heterocycles. The van der Waals surface area contributed by atoms with Crippen LogP contribution in [0, 0.1) is 13.8 Å². The van der Waals surface area contributed by atoms with Crippen molar-refractivity contribution in [2.24, 2.45) is 0 Å². The molecule has 3 rings (SSSR count). The van der Waals surface area contributed by atoms with Crippen molar-refractivity contribution in [3.63, 3.8) is 0 Å². The summed E-state index contributed by atoms with van der Waals surface area (Å²) in [5, 5.41) is 5.57. The number of amides is 2. The van der Waals surface area contributed by atoms with E-state index in [1.54, 1.807) is 31.4 Å². The number of benzene rings is 3. The Morgan fingerprint density at radius 2 is 1.58 bits per heavy atom. The molecule has 0 aliphatic heterocycles. The van der Waals surface area contributed by atoms with E-state index in [1.807, 2.05) is 63.2 Å². The minimum absolute atomic E-state index is 0.0686. The van der Waals surface area contributed by atoms with Crippen LogP contribution in [0.5, 0.6) is 5.75 Å². The Balaban J connectivity index is 1.61. The first kappa shape index (κ1) is 22.4. The van der Waals surface area contributed by atoms with E-state index in [4.69, 9.17) is 4.74 Å². The summed E-state index contributed by atoms with van der Waals surface area (Å²) >= 11 is 1.44. The van der Waals surface area contributed by atoms with Crippen LogP contribution >= 0.6 is 11.8 Å². The molecule has 0 fully saturated rings. The molecule has 3 aromatic rings. The van der Waals surface area contributed by atoms with Crippen molar-refractivity contribution in [3.05, 3.63) is 83.4 Å². The largest absolute Gasteiger partial charge is 0.497 e. The van der Waals surface area contributed by atoms with Crippen LogP contribution < -0.4 is 15.4 Å². The number of aryl methyl sites for hydroxylation is 2. The van der Waals surface area contributed by atoms with Crippen LogP contribution in [0.1, 0.15) is 28.4 Å². The number of nitrogens with one attached hydrogen (secondary N) is 2. The first-order chi connectivity index (χ1) is 14.9. The molecule has 6 heteroatoms. The molecule has 2 amide bonds. The van der Waals surface area contributed by atoms with Crippen molar-refractivity contribution in [1.29, 1.82) is 0 Å². The summed E-state index contributed by atoms with van der Waals surface area (Å²) in [7, 11) is 1.58. The minimum atomic E-state index is -0.297. The first-order valence-electron chi connectivity index (χ1n) is 9.96. The van der Waals surface area contributed by atoms with Crippen molar-refractivity contribution in [3.8, 4) is 5.75 Å². The van der Waals surface area contributed by atoms with E-state index in [1.165, 1.54) is 17.3 Å². The van der Waals surface area contributed by atoms with Gasteiger partial charge in [-0.25, -0.2) is 0 Å². The van der Waals surface area contributed by atoms with Crippen molar-refractivity contribution in [1.82, 2.24) is 0 Å². The fourth-order valence-electron chi connectivity index (χ4n) is 2.91. The van der Waals surface area contributed by atoms with E-state index in [2.05, 4.69) is 10.6 Å². The highest BCUT2D eigenvalue weighted by atomic mass is 32.2. The number of hydrogen-bond acceptors (Lipinski definition) is 4. The quantitative estimate of drug-likeness (QED) is 0.469. The number of carbonyl (C=O) groups excluding carboxylic acids is 2. The molecule has 0 bridgehead atoms. The van der Waals surface area contributed by atoms with E-state index in [0.29, 0.717) is 17.0 Å². The second-order valence-corrected chi connectivity index (χ2v) is 8.67. The summed E-state index contributed by atoms with van der Waals surface area (Å²) in [6, 6.07) is 20.3. The van der Waals surface area contributed by atoms with Crippen LogP contribution in [0.4, 0.5) is 11.4 Å². The summed E-state index contributed by atoms with van der Waals surface area (Å²) in [5.74, 6) is 0.425. The van der Waals surface area contributed by atoms with Crippen molar-refractivity contribution >= 4 is 35.0 Å². The molecule has 160 valence electrons. The molecule has 5 nitrogen and oxygen atoms in total. The van der Waals surface area contributed by atoms with E-state index in [0.717, 1.165) is 16.1 Å². The molecule has 0 heterocycles. The fourth-order valence-corrected chi connectivity index (χ4v) is 3.84. The molecule has 0 aliphatic carbocycles. The number of hydrogen-bond donors (Lipinski definition) is 2. The van der Waals surface area contributed by atoms with Gasteiger partial charge in [-0.1, -0.05) is 12.1 Å². The summed E-state index contributed by atoms with van der Waals surface area (Å²) in [6.07, 6.45) is 0. The fraction of sp³-hybridized carbons (Fsp3) is 0.200. The van der Waals surface area contributed by atoms with Crippen molar-refractivity contribution < 1.29 is 14.3 Å². The van der Waals surface area contributed by atoms with Gasteiger partial charge in [0.15, 0.2) is 0 Å². The lowest BCUT2D eigenvalue weighted by molar-refractivity contribution is -0.115. The third kappa shape index (κ3) is 6.12. The molecule has 2 N–H and O–H groups in total. The van der Waals surface area contributed by atoms with Crippen LogP contribution in [0.2, 0.25) is 0 Å². The molecule has 3 aromatic carbocycles. The molecule has 31 heavy (non-hydrogen) atoms. The van der Waals surface area contributed by atoms with E-state index in [-0.39, 0.29) is 17.1 Å². The molecule has 0 spiro atoms. The van der Waals surface area contributed by atoms with Crippen molar-refractivity contribution in [2.75, 3.05) is 17.7 Å². The van der Waals surface area contributed by atoms with E-state index in [9.17, 15) is 9.59 Å². The van der Waals surface area contributed by atoms with Crippen LogP contribution in [-0.2, 0) is 4.79 Å². The van der Waals surface area contributed by atoms with Gasteiger partial charge < -0.3 is 15.4 Å². The van der Waals surface area contributed by atoms with Crippen LogP contribution in [0.25, 0.3) is 0 Å². The highest BCUT2D eigenvalue weighted by Gasteiger charge is 2.15. The maximum absolute atomic E-state index is 12.6. The van der Waals surface area contributed by atoms with Crippen LogP contribution in [-0.4, -0.2) is 24.2 Å². The molecule has 1 atom stereocenters. The topological polar surface area (TPSA) is 67.4 Å². The normalized spacial score (nSPS) is 11.5.